The number of aromatic nitrogens is 4. The lowest BCUT2D eigenvalue weighted by atomic mass is 9.90. The Morgan fingerprint density at radius 1 is 1.05 bits per heavy atom. The zero-order valence-electron chi connectivity index (χ0n) is 22.3. The van der Waals surface area contributed by atoms with E-state index in [2.05, 4.69) is 37.4 Å². The van der Waals surface area contributed by atoms with E-state index < -0.39 is 0 Å². The number of nitrogen functional groups attached to an aromatic ring is 1. The average Bonchev–Trinajstić information content (AvgIpc) is 3.38. The summed E-state index contributed by atoms with van der Waals surface area (Å²) < 4.78 is 2.12. The van der Waals surface area contributed by atoms with Crippen LogP contribution < -0.4 is 16.4 Å². The lowest BCUT2D eigenvalue weighted by molar-refractivity contribution is -0.122. The molecule has 2 amide bonds. The summed E-state index contributed by atoms with van der Waals surface area (Å²) in [5.74, 6) is 0.828. The van der Waals surface area contributed by atoms with Gasteiger partial charge in [0.25, 0.3) is 5.91 Å². The van der Waals surface area contributed by atoms with Crippen LogP contribution in [0.25, 0.3) is 22.2 Å². The van der Waals surface area contributed by atoms with Gasteiger partial charge in [0.15, 0.2) is 0 Å². The van der Waals surface area contributed by atoms with E-state index in [4.69, 9.17) is 10.8 Å². The molecule has 204 valence electrons. The van der Waals surface area contributed by atoms with Crippen LogP contribution in [0.3, 0.4) is 0 Å². The van der Waals surface area contributed by atoms with Gasteiger partial charge in [-0.05, 0) is 69.2 Å². The number of hydrogen-bond donors (Lipinski definition) is 3. The van der Waals surface area contributed by atoms with Crippen LogP contribution in [-0.2, 0) is 11.2 Å². The third kappa shape index (κ3) is 5.32. The van der Waals surface area contributed by atoms with E-state index in [0.717, 1.165) is 66.2 Å². The molecule has 4 heterocycles. The van der Waals surface area contributed by atoms with Gasteiger partial charge in [-0.2, -0.15) is 5.10 Å². The molecule has 4 aromatic rings. The number of nitrogens with zero attached hydrogens (tertiary/aromatic N) is 4. The molecule has 9 nitrogen and oxygen atoms in total. The van der Waals surface area contributed by atoms with Gasteiger partial charge in [0.2, 0.25) is 5.91 Å². The van der Waals surface area contributed by atoms with E-state index in [0.29, 0.717) is 30.0 Å². The summed E-state index contributed by atoms with van der Waals surface area (Å²) in [6, 6.07) is 13.0. The summed E-state index contributed by atoms with van der Waals surface area (Å²) >= 11 is 0. The van der Waals surface area contributed by atoms with Gasteiger partial charge < -0.3 is 16.4 Å². The van der Waals surface area contributed by atoms with Crippen LogP contribution in [0.1, 0.15) is 66.9 Å². The number of pyridine rings is 2. The maximum Gasteiger partial charge on any atom is 0.256 e. The second kappa shape index (κ2) is 11.3. The molecule has 6 rings (SSSR count). The Labute approximate surface area is 232 Å². The maximum absolute atomic E-state index is 12.8. The molecule has 4 N–H and O–H groups in total. The third-order valence-corrected chi connectivity index (χ3v) is 7.79. The van der Waals surface area contributed by atoms with Gasteiger partial charge in [-0.25, -0.2) is 9.97 Å². The van der Waals surface area contributed by atoms with Gasteiger partial charge in [-0.15, -0.1) is 0 Å². The summed E-state index contributed by atoms with van der Waals surface area (Å²) in [6.07, 6.45) is 14.5. The van der Waals surface area contributed by atoms with Crippen molar-refractivity contribution >= 4 is 34.4 Å². The molecule has 0 spiro atoms. The van der Waals surface area contributed by atoms with Crippen LogP contribution in [0.5, 0.6) is 0 Å². The molecule has 1 fully saturated rings. The Morgan fingerprint density at radius 2 is 1.93 bits per heavy atom. The van der Waals surface area contributed by atoms with E-state index in [9.17, 15) is 9.59 Å². The maximum atomic E-state index is 12.8. The van der Waals surface area contributed by atoms with Gasteiger partial charge >= 0.3 is 0 Å². The SMILES string of the molecule is Nc1ncc2c3c1c(-c1ccc(C(=O)Nc4ccccn4)cc1)nn3[C@@H]1CCC[C@H](C1)NC(=O)CCC/C=C\C2. The van der Waals surface area contributed by atoms with E-state index in [1.165, 1.54) is 0 Å². The largest absolute Gasteiger partial charge is 0.383 e. The molecule has 1 aliphatic heterocycles. The minimum atomic E-state index is -0.233. The summed E-state index contributed by atoms with van der Waals surface area (Å²) in [7, 11) is 0. The van der Waals surface area contributed by atoms with Crippen molar-refractivity contribution in [3.63, 3.8) is 0 Å². The third-order valence-electron chi connectivity index (χ3n) is 7.79. The first-order chi connectivity index (χ1) is 19.6. The van der Waals surface area contributed by atoms with Crippen molar-refractivity contribution in [3.8, 4) is 11.3 Å². The van der Waals surface area contributed by atoms with E-state index in [1.54, 1.807) is 30.5 Å². The molecular formula is C31H33N7O2. The zero-order chi connectivity index (χ0) is 27.5. The number of benzene rings is 1. The Morgan fingerprint density at radius 3 is 2.75 bits per heavy atom. The first kappa shape index (κ1) is 25.7. The molecule has 40 heavy (non-hydrogen) atoms. The van der Waals surface area contributed by atoms with E-state index in [1.807, 2.05) is 24.4 Å². The molecule has 3 aromatic heterocycles. The van der Waals surface area contributed by atoms with Gasteiger partial charge in [-0.3, -0.25) is 14.3 Å². The highest BCUT2D eigenvalue weighted by molar-refractivity contribution is 6.05. The highest BCUT2D eigenvalue weighted by atomic mass is 16.2. The van der Waals surface area contributed by atoms with Crippen molar-refractivity contribution in [1.82, 2.24) is 25.1 Å². The fourth-order valence-electron chi connectivity index (χ4n) is 5.80. The Balaban J connectivity index is 1.40. The van der Waals surface area contributed by atoms with Crippen molar-refractivity contribution in [3.05, 3.63) is 78.1 Å². The van der Waals surface area contributed by atoms with Gasteiger partial charge in [0, 0.05) is 41.5 Å². The van der Waals surface area contributed by atoms with Crippen LogP contribution >= 0.6 is 0 Å². The lowest BCUT2D eigenvalue weighted by Gasteiger charge is -2.30. The summed E-state index contributed by atoms with van der Waals surface area (Å²) in [6.45, 7) is 0. The Bertz CT molecular complexity index is 1560. The van der Waals surface area contributed by atoms with Crippen molar-refractivity contribution in [2.75, 3.05) is 11.1 Å². The number of nitrogens with two attached hydrogens (primary N) is 1. The summed E-state index contributed by atoms with van der Waals surface area (Å²) in [5.41, 5.74) is 10.7. The summed E-state index contributed by atoms with van der Waals surface area (Å²) in [5, 5.41) is 12.1. The molecule has 0 unspecified atom stereocenters. The standard InChI is InChI=1S/C31H33N7O2/c32-30-27-28(20-13-15-21(16-14-20)31(40)36-25-11-5-6-17-33-25)37-38-24-10-7-9-23(18-24)35-26(39)12-4-2-1-3-8-22(19-34-30)29(27)38/h1,3,5-6,11,13-17,19,23-24H,2,4,7-10,12,18H2,(H2,32,34)(H,35,39)(H,33,36,40)/b3-1-/t23-,24-/m1/s1. The monoisotopic (exact) mass is 535 g/mol. The number of allylic oxidation sites excluding steroid dienone is 2. The van der Waals surface area contributed by atoms with Crippen LogP contribution in [-0.4, -0.2) is 37.6 Å². The van der Waals surface area contributed by atoms with Crippen LogP contribution in [0.2, 0.25) is 0 Å². The molecule has 0 saturated heterocycles. The molecule has 9 heteroatoms. The fraction of sp³-hybridized carbons (Fsp3) is 0.323. The fourth-order valence-corrected chi connectivity index (χ4v) is 5.80. The predicted octanol–water partition coefficient (Wildman–Crippen LogP) is 5.21. The topological polar surface area (TPSA) is 128 Å². The van der Waals surface area contributed by atoms with Gasteiger partial charge in [0.1, 0.15) is 17.3 Å². The molecular weight excluding hydrogens is 502 g/mol. The van der Waals surface area contributed by atoms with Crippen LogP contribution in [0.15, 0.2) is 67.0 Å². The highest BCUT2D eigenvalue weighted by Gasteiger charge is 2.29. The number of nitrogens with one attached hydrogen (secondary N) is 2. The van der Waals surface area contributed by atoms with E-state index in [-0.39, 0.29) is 23.9 Å². The molecule has 1 saturated carbocycles. The van der Waals surface area contributed by atoms with Gasteiger partial charge in [0.05, 0.1) is 16.9 Å². The first-order valence-electron chi connectivity index (χ1n) is 14.0. The first-order valence-corrected chi connectivity index (χ1v) is 14.0. The van der Waals surface area contributed by atoms with Crippen molar-refractivity contribution < 1.29 is 9.59 Å². The van der Waals surface area contributed by atoms with Crippen LogP contribution in [0.4, 0.5) is 11.6 Å². The normalized spacial score (nSPS) is 20.4. The molecule has 1 aromatic carbocycles. The minimum absolute atomic E-state index is 0.128. The quantitative estimate of drug-likeness (QED) is 0.309. The molecule has 0 radical (unpaired) electrons. The molecule has 2 bridgehead atoms. The second-order valence-corrected chi connectivity index (χ2v) is 10.6. The average molecular weight is 536 g/mol. The number of amides is 2. The predicted molar refractivity (Wildman–Crippen MR) is 156 cm³/mol. The Hall–Kier alpha value is -4.53. The van der Waals surface area contributed by atoms with Crippen LogP contribution in [0, 0.1) is 0 Å². The smallest absolute Gasteiger partial charge is 0.256 e. The molecule has 2 aliphatic rings. The Kier molecular flexibility index (Phi) is 7.27. The number of rotatable bonds is 3. The molecule has 1 aliphatic carbocycles. The second-order valence-electron chi connectivity index (χ2n) is 10.6. The number of anilines is 2. The molecule has 2 atom stereocenters. The number of carbonyl (C=O) groups excluding carboxylic acids is 2. The van der Waals surface area contributed by atoms with Crippen molar-refractivity contribution in [1.29, 1.82) is 0 Å². The zero-order valence-corrected chi connectivity index (χ0v) is 22.3. The minimum Gasteiger partial charge on any atom is -0.383 e. The van der Waals surface area contributed by atoms with Crippen molar-refractivity contribution in [2.45, 2.75) is 63.5 Å². The highest BCUT2D eigenvalue weighted by Crippen LogP contribution is 2.38. The van der Waals surface area contributed by atoms with E-state index >= 15 is 0 Å². The number of carbonyl (C=O) groups is 2. The number of fused-ring (bicyclic) bond motifs is 3. The summed E-state index contributed by atoms with van der Waals surface area (Å²) in [4.78, 5) is 34.0. The number of hydrogen-bond acceptors (Lipinski definition) is 6. The van der Waals surface area contributed by atoms with Crippen molar-refractivity contribution in [2.24, 2.45) is 0 Å². The van der Waals surface area contributed by atoms with Gasteiger partial charge in [-0.1, -0.05) is 30.4 Å². The lowest BCUT2D eigenvalue weighted by Crippen LogP contribution is -2.39.